The van der Waals surface area contributed by atoms with Crippen molar-refractivity contribution in [2.24, 2.45) is 0 Å². The highest BCUT2D eigenvalue weighted by atomic mass is 35.5. The fraction of sp³-hybridized carbons (Fsp3) is 0.292. The molecule has 2 heterocycles. The molecule has 0 bridgehead atoms. The molecule has 5 rings (SSSR count). The van der Waals surface area contributed by atoms with Crippen LogP contribution in [-0.4, -0.2) is 61.9 Å². The van der Waals surface area contributed by atoms with Gasteiger partial charge in [0.05, 0.1) is 29.6 Å². The van der Waals surface area contributed by atoms with Crippen LogP contribution < -0.4 is 11.1 Å². The number of hydrogen-bond donors (Lipinski definition) is 2. The maximum absolute atomic E-state index is 13.4. The summed E-state index contributed by atoms with van der Waals surface area (Å²) in [7, 11) is -2.25. The molecule has 3 aromatic rings. The highest BCUT2D eigenvalue weighted by molar-refractivity contribution is 7.89. The van der Waals surface area contributed by atoms with E-state index >= 15 is 0 Å². The van der Waals surface area contributed by atoms with Gasteiger partial charge in [0.1, 0.15) is 4.90 Å². The molecule has 1 saturated heterocycles. The normalized spacial score (nSPS) is 15.8. The molecule has 2 aromatic carbocycles. The minimum absolute atomic E-state index is 0.0467. The first-order valence-electron chi connectivity index (χ1n) is 11.2. The number of nitrogens with one attached hydrogen (secondary N) is 1. The highest BCUT2D eigenvalue weighted by Gasteiger charge is 2.32. The van der Waals surface area contributed by atoms with Gasteiger partial charge in [0.2, 0.25) is 16.0 Å². The lowest BCUT2D eigenvalue weighted by atomic mass is 9.86. The minimum atomic E-state index is -3.82. The number of nitrogen functional groups attached to an aromatic ring is 1. The first-order valence-corrected chi connectivity index (χ1v) is 13.0. The van der Waals surface area contributed by atoms with E-state index in [1.54, 1.807) is 43.4 Å². The van der Waals surface area contributed by atoms with Crippen LogP contribution in [0, 0.1) is 0 Å². The molecular weight excluding hydrogens is 490 g/mol. The van der Waals surface area contributed by atoms with Crippen molar-refractivity contribution in [3.63, 3.8) is 0 Å². The molecule has 0 spiro atoms. The second-order valence-electron chi connectivity index (χ2n) is 8.36. The van der Waals surface area contributed by atoms with Gasteiger partial charge in [0.15, 0.2) is 0 Å². The third kappa shape index (κ3) is 4.27. The molecule has 1 fully saturated rings. The van der Waals surface area contributed by atoms with Gasteiger partial charge in [0.25, 0.3) is 5.91 Å². The van der Waals surface area contributed by atoms with Crippen molar-refractivity contribution in [1.82, 2.24) is 19.6 Å². The van der Waals surface area contributed by atoms with Gasteiger partial charge < -0.3 is 15.8 Å². The van der Waals surface area contributed by atoms with Crippen molar-refractivity contribution in [1.29, 1.82) is 0 Å². The number of nitrogens with zero attached hydrogens (tertiary/aromatic N) is 3. The number of amides is 1. The van der Waals surface area contributed by atoms with Gasteiger partial charge in [-0.25, -0.2) is 18.4 Å². The van der Waals surface area contributed by atoms with Gasteiger partial charge in [-0.15, -0.1) is 0 Å². The van der Waals surface area contributed by atoms with Gasteiger partial charge >= 0.3 is 0 Å². The number of morpholine rings is 1. The first-order chi connectivity index (χ1) is 16.8. The van der Waals surface area contributed by atoms with E-state index in [1.165, 1.54) is 4.31 Å². The molecule has 182 valence electrons. The summed E-state index contributed by atoms with van der Waals surface area (Å²) in [6.45, 7) is 1.23. The number of nitrogens with two attached hydrogens (primary N) is 1. The Labute approximate surface area is 208 Å². The number of ether oxygens (including phenoxy) is 1. The van der Waals surface area contributed by atoms with E-state index in [-0.39, 0.29) is 34.9 Å². The first kappa shape index (κ1) is 23.7. The molecule has 0 radical (unpaired) electrons. The van der Waals surface area contributed by atoms with Crippen molar-refractivity contribution in [2.45, 2.75) is 17.7 Å². The highest BCUT2D eigenvalue weighted by Crippen LogP contribution is 2.42. The average Bonchev–Trinajstić information content (AvgIpc) is 2.87. The molecule has 11 heteroatoms. The Balaban J connectivity index is 1.67. The summed E-state index contributed by atoms with van der Waals surface area (Å²) in [5, 5.41) is 2.79. The maximum atomic E-state index is 13.4. The van der Waals surface area contributed by atoms with E-state index in [1.807, 2.05) is 0 Å². The Hall–Kier alpha value is -3.05. The van der Waals surface area contributed by atoms with Crippen LogP contribution in [0.15, 0.2) is 41.3 Å². The van der Waals surface area contributed by atoms with E-state index in [0.717, 1.165) is 22.4 Å². The summed E-state index contributed by atoms with van der Waals surface area (Å²) in [5.41, 5.74) is 11.0. The summed E-state index contributed by atoms with van der Waals surface area (Å²) < 4.78 is 33.6. The number of aryl methyl sites for hydroxylation is 2. The Morgan fingerprint density at radius 2 is 1.83 bits per heavy atom. The number of benzene rings is 2. The van der Waals surface area contributed by atoms with Crippen LogP contribution in [0.25, 0.3) is 22.4 Å². The Morgan fingerprint density at radius 3 is 2.51 bits per heavy atom. The molecule has 1 aromatic heterocycles. The van der Waals surface area contributed by atoms with E-state index in [4.69, 9.17) is 22.1 Å². The summed E-state index contributed by atoms with van der Waals surface area (Å²) in [6.07, 6.45) is 1.26. The topological polar surface area (TPSA) is 128 Å². The van der Waals surface area contributed by atoms with E-state index in [0.29, 0.717) is 42.9 Å². The number of aromatic nitrogens is 2. The molecule has 0 atom stereocenters. The zero-order valence-corrected chi connectivity index (χ0v) is 20.6. The zero-order valence-electron chi connectivity index (χ0n) is 19.0. The molecular formula is C24H24ClN5O4S. The quantitative estimate of drug-likeness (QED) is 0.548. The van der Waals surface area contributed by atoms with Gasteiger partial charge in [-0.05, 0) is 48.2 Å². The second-order valence-corrected chi connectivity index (χ2v) is 10.7. The molecule has 3 N–H and O–H groups in total. The van der Waals surface area contributed by atoms with Crippen LogP contribution in [-0.2, 0) is 27.6 Å². The standard InChI is InChI=1S/C24H24ClN5O4S/c1-27-23(31)15-4-2-14(3-5-15)22-21-17-13-20(35(32,33)30-8-10-34-11-9-30)18(25)12-16(17)6-7-19(21)28-24(26)29-22/h2-5,12-13H,6-11H2,1H3,(H,27,31)(H2,26,28,29). The summed E-state index contributed by atoms with van der Waals surface area (Å²) >= 11 is 6.51. The third-order valence-electron chi connectivity index (χ3n) is 6.29. The van der Waals surface area contributed by atoms with Crippen LogP contribution in [0.4, 0.5) is 5.95 Å². The van der Waals surface area contributed by atoms with Crippen LogP contribution in [0.1, 0.15) is 21.6 Å². The van der Waals surface area contributed by atoms with E-state index in [9.17, 15) is 13.2 Å². The smallest absolute Gasteiger partial charge is 0.251 e. The third-order valence-corrected chi connectivity index (χ3v) is 8.66. The number of hydrogen-bond acceptors (Lipinski definition) is 7. The lowest BCUT2D eigenvalue weighted by Crippen LogP contribution is -2.40. The van der Waals surface area contributed by atoms with E-state index in [2.05, 4.69) is 15.3 Å². The monoisotopic (exact) mass is 513 g/mol. The van der Waals surface area contributed by atoms with Crippen LogP contribution in [0.5, 0.6) is 0 Å². The minimum Gasteiger partial charge on any atom is -0.379 e. The summed E-state index contributed by atoms with van der Waals surface area (Å²) in [4.78, 5) is 21.0. The molecule has 0 saturated carbocycles. The lowest BCUT2D eigenvalue weighted by molar-refractivity contribution is 0.0730. The average molecular weight is 514 g/mol. The fourth-order valence-electron chi connectivity index (χ4n) is 4.53. The number of sulfonamides is 1. The number of anilines is 1. The van der Waals surface area contributed by atoms with Gasteiger partial charge in [-0.3, -0.25) is 4.79 Å². The predicted octanol–water partition coefficient (Wildman–Crippen LogP) is 2.53. The van der Waals surface area contributed by atoms with Crippen molar-refractivity contribution < 1.29 is 17.9 Å². The van der Waals surface area contributed by atoms with Crippen molar-refractivity contribution in [3.05, 3.63) is 58.2 Å². The molecule has 2 aliphatic rings. The second kappa shape index (κ2) is 9.19. The fourth-order valence-corrected chi connectivity index (χ4v) is 6.49. The Bertz CT molecular complexity index is 1420. The number of fused-ring (bicyclic) bond motifs is 3. The number of rotatable bonds is 4. The number of carbonyl (C=O) groups excluding carboxylic acids is 1. The largest absolute Gasteiger partial charge is 0.379 e. The zero-order chi connectivity index (χ0) is 24.7. The van der Waals surface area contributed by atoms with Crippen LogP contribution in [0.2, 0.25) is 5.02 Å². The molecule has 1 amide bonds. The number of halogens is 1. The Morgan fingerprint density at radius 1 is 1.11 bits per heavy atom. The molecule has 0 unspecified atom stereocenters. The van der Waals surface area contributed by atoms with Gasteiger partial charge in [-0.2, -0.15) is 4.31 Å². The van der Waals surface area contributed by atoms with Crippen molar-refractivity contribution >= 4 is 33.5 Å². The van der Waals surface area contributed by atoms with E-state index < -0.39 is 10.0 Å². The molecule has 1 aliphatic carbocycles. The lowest BCUT2D eigenvalue weighted by Gasteiger charge is -2.28. The van der Waals surface area contributed by atoms with Crippen molar-refractivity contribution in [2.75, 3.05) is 39.1 Å². The molecule has 9 nitrogen and oxygen atoms in total. The van der Waals surface area contributed by atoms with Crippen LogP contribution >= 0.6 is 11.6 Å². The van der Waals surface area contributed by atoms with Gasteiger partial charge in [-0.1, -0.05) is 23.7 Å². The number of carbonyl (C=O) groups is 1. The maximum Gasteiger partial charge on any atom is 0.251 e. The SMILES string of the molecule is CNC(=O)c1ccc(-c2nc(N)nc3c2-c2cc(S(=O)(=O)N4CCOCC4)c(Cl)cc2CC3)cc1. The van der Waals surface area contributed by atoms with Crippen molar-refractivity contribution in [3.8, 4) is 22.4 Å². The predicted molar refractivity (Wildman–Crippen MR) is 133 cm³/mol. The molecule has 35 heavy (non-hydrogen) atoms. The summed E-state index contributed by atoms with van der Waals surface area (Å²) in [6, 6.07) is 10.4. The molecule has 1 aliphatic heterocycles. The summed E-state index contributed by atoms with van der Waals surface area (Å²) in [5.74, 6) is -0.0635. The Kier molecular flexibility index (Phi) is 6.22. The van der Waals surface area contributed by atoms with Crippen LogP contribution in [0.3, 0.4) is 0 Å². The van der Waals surface area contributed by atoms with Gasteiger partial charge in [0, 0.05) is 36.8 Å².